The molecule has 0 aliphatic carbocycles. The molecule has 0 spiro atoms. The molecule has 0 saturated carbocycles. The van der Waals surface area contributed by atoms with Crippen molar-refractivity contribution in [3.05, 3.63) is 53.3 Å². The van der Waals surface area contributed by atoms with Gasteiger partial charge in [-0.15, -0.1) is 0 Å². The predicted octanol–water partition coefficient (Wildman–Crippen LogP) is 4.41. The highest BCUT2D eigenvalue weighted by molar-refractivity contribution is 5.91. The Bertz CT molecular complexity index is 1170. The average Bonchev–Trinajstić information content (AvgIpc) is 3.30. The first-order chi connectivity index (χ1) is 16.6. The standard InChI is InChI=1S/C27H34N6O/c1-3-33-26-23(17-29-33)25(31-22-9-15-34-16-10-22)24(20(2)30-26)18-32-13-11-27(19-28,12-14-32)21-7-5-4-6-8-21/h4-8,17,22H,3,9-16,18H2,1-2H3,(H,30,31). The third-order valence-corrected chi connectivity index (χ3v) is 7.59. The van der Waals surface area contributed by atoms with Crippen molar-refractivity contribution < 1.29 is 4.74 Å². The molecule has 7 nitrogen and oxygen atoms in total. The van der Waals surface area contributed by atoms with Gasteiger partial charge < -0.3 is 10.1 Å². The van der Waals surface area contributed by atoms with E-state index in [9.17, 15) is 5.26 Å². The molecule has 2 aliphatic rings. The number of benzene rings is 1. The number of piperidine rings is 1. The van der Waals surface area contributed by atoms with Crippen LogP contribution in [0.2, 0.25) is 0 Å². The van der Waals surface area contributed by atoms with Gasteiger partial charge in [0.25, 0.3) is 0 Å². The maximum Gasteiger partial charge on any atom is 0.160 e. The van der Waals surface area contributed by atoms with Crippen LogP contribution in [0.3, 0.4) is 0 Å². The SMILES string of the molecule is CCn1ncc2c(NC3CCOCC3)c(CN3CCC(C#N)(c4ccccc4)CC3)c(C)nc21. The Morgan fingerprint density at radius 3 is 2.59 bits per heavy atom. The van der Waals surface area contributed by atoms with Gasteiger partial charge in [-0.2, -0.15) is 10.4 Å². The number of nitrogens with one attached hydrogen (secondary N) is 1. The highest BCUT2D eigenvalue weighted by atomic mass is 16.5. The van der Waals surface area contributed by atoms with Crippen molar-refractivity contribution in [2.45, 2.75) is 64.1 Å². The number of fused-ring (bicyclic) bond motifs is 1. The number of nitrogens with zero attached hydrogens (tertiary/aromatic N) is 5. The van der Waals surface area contributed by atoms with Gasteiger partial charge in [-0.3, -0.25) is 4.90 Å². The molecule has 5 rings (SSSR count). The van der Waals surface area contributed by atoms with Crippen molar-refractivity contribution in [2.24, 2.45) is 0 Å². The van der Waals surface area contributed by atoms with Gasteiger partial charge in [-0.25, -0.2) is 9.67 Å². The molecule has 2 aromatic heterocycles. The van der Waals surface area contributed by atoms with Crippen molar-refractivity contribution >= 4 is 16.7 Å². The molecule has 4 heterocycles. The molecule has 7 heteroatoms. The summed E-state index contributed by atoms with van der Waals surface area (Å²) in [5, 5.41) is 19.6. The molecule has 0 radical (unpaired) electrons. The number of aryl methyl sites for hydroxylation is 2. The fourth-order valence-electron chi connectivity index (χ4n) is 5.42. The smallest absolute Gasteiger partial charge is 0.160 e. The summed E-state index contributed by atoms with van der Waals surface area (Å²) in [5.41, 5.74) is 5.18. The highest BCUT2D eigenvalue weighted by Crippen LogP contribution is 2.37. The summed E-state index contributed by atoms with van der Waals surface area (Å²) in [7, 11) is 0. The summed E-state index contributed by atoms with van der Waals surface area (Å²) < 4.78 is 7.56. The van der Waals surface area contributed by atoms with E-state index >= 15 is 0 Å². The molecular weight excluding hydrogens is 424 g/mol. The van der Waals surface area contributed by atoms with Crippen molar-refractivity contribution in [3.8, 4) is 6.07 Å². The first-order valence-corrected chi connectivity index (χ1v) is 12.5. The van der Waals surface area contributed by atoms with E-state index in [1.54, 1.807) is 0 Å². The number of likely N-dealkylation sites (tertiary alicyclic amines) is 1. The number of ether oxygens (including phenoxy) is 1. The Kier molecular flexibility index (Phi) is 6.53. The van der Waals surface area contributed by atoms with Crippen molar-refractivity contribution in [3.63, 3.8) is 0 Å². The van der Waals surface area contributed by atoms with Gasteiger partial charge >= 0.3 is 0 Å². The molecule has 178 valence electrons. The molecule has 34 heavy (non-hydrogen) atoms. The maximum absolute atomic E-state index is 10.1. The molecule has 2 saturated heterocycles. The number of hydrogen-bond acceptors (Lipinski definition) is 6. The third-order valence-electron chi connectivity index (χ3n) is 7.59. The second-order valence-electron chi connectivity index (χ2n) is 9.62. The number of pyridine rings is 1. The zero-order valence-corrected chi connectivity index (χ0v) is 20.3. The largest absolute Gasteiger partial charge is 0.381 e. The van der Waals surface area contributed by atoms with Crippen molar-refractivity contribution in [2.75, 3.05) is 31.6 Å². The van der Waals surface area contributed by atoms with Gasteiger partial charge in [-0.05, 0) is 45.1 Å². The minimum Gasteiger partial charge on any atom is -0.381 e. The van der Waals surface area contributed by atoms with Crippen molar-refractivity contribution in [1.29, 1.82) is 5.26 Å². The summed E-state index contributed by atoms with van der Waals surface area (Å²) in [4.78, 5) is 7.45. The third kappa shape index (κ3) is 4.28. The molecule has 0 atom stereocenters. The van der Waals surface area contributed by atoms with Crippen LogP contribution in [-0.2, 0) is 23.2 Å². The summed E-state index contributed by atoms with van der Waals surface area (Å²) in [5.74, 6) is 0. The Labute approximate surface area is 201 Å². The van der Waals surface area contributed by atoms with Crippen LogP contribution in [-0.4, -0.2) is 52.0 Å². The van der Waals surface area contributed by atoms with Crippen LogP contribution >= 0.6 is 0 Å². The van der Waals surface area contributed by atoms with Crippen LogP contribution in [0.25, 0.3) is 11.0 Å². The van der Waals surface area contributed by atoms with Crippen LogP contribution in [0.4, 0.5) is 5.69 Å². The molecule has 0 amide bonds. The minimum atomic E-state index is -0.388. The number of aromatic nitrogens is 3. The van der Waals surface area contributed by atoms with E-state index in [1.807, 2.05) is 29.1 Å². The summed E-state index contributed by atoms with van der Waals surface area (Å²) in [6, 6.07) is 13.3. The van der Waals surface area contributed by atoms with E-state index in [2.05, 4.69) is 47.4 Å². The first-order valence-electron chi connectivity index (χ1n) is 12.5. The van der Waals surface area contributed by atoms with Gasteiger partial charge in [0, 0.05) is 56.7 Å². The quantitative estimate of drug-likeness (QED) is 0.590. The number of hydrogen-bond donors (Lipinski definition) is 1. The first kappa shape index (κ1) is 22.8. The Balaban J connectivity index is 1.42. The van der Waals surface area contributed by atoms with E-state index in [-0.39, 0.29) is 5.41 Å². The topological polar surface area (TPSA) is 79.0 Å². The number of nitriles is 1. The molecule has 1 aromatic carbocycles. The fraction of sp³-hybridized carbons (Fsp3) is 0.519. The zero-order chi connectivity index (χ0) is 23.5. The van der Waals surface area contributed by atoms with Crippen molar-refractivity contribution in [1.82, 2.24) is 19.7 Å². The molecule has 2 fully saturated rings. The predicted molar refractivity (Wildman–Crippen MR) is 134 cm³/mol. The fourth-order valence-corrected chi connectivity index (χ4v) is 5.42. The summed E-state index contributed by atoms with van der Waals surface area (Å²) in [6.45, 7) is 9.24. The maximum atomic E-state index is 10.1. The van der Waals surface area contributed by atoms with E-state index in [0.29, 0.717) is 6.04 Å². The zero-order valence-electron chi connectivity index (χ0n) is 20.3. The van der Waals surface area contributed by atoms with Gasteiger partial charge in [0.1, 0.15) is 0 Å². The Morgan fingerprint density at radius 1 is 1.18 bits per heavy atom. The highest BCUT2D eigenvalue weighted by Gasteiger charge is 2.36. The molecule has 2 aliphatic heterocycles. The van der Waals surface area contributed by atoms with Crippen LogP contribution in [0, 0.1) is 18.3 Å². The molecule has 1 N–H and O–H groups in total. The van der Waals surface area contributed by atoms with Crippen LogP contribution < -0.4 is 5.32 Å². The lowest BCUT2D eigenvalue weighted by atomic mass is 9.74. The molecule has 0 unspecified atom stereocenters. The van der Waals surface area contributed by atoms with Gasteiger partial charge in [0.05, 0.1) is 28.8 Å². The summed E-state index contributed by atoms with van der Waals surface area (Å²) >= 11 is 0. The second-order valence-corrected chi connectivity index (χ2v) is 9.62. The van der Waals surface area contributed by atoms with E-state index < -0.39 is 0 Å². The average molecular weight is 459 g/mol. The van der Waals surface area contributed by atoms with Crippen LogP contribution in [0.5, 0.6) is 0 Å². The monoisotopic (exact) mass is 458 g/mol. The Morgan fingerprint density at radius 2 is 1.91 bits per heavy atom. The molecule has 3 aromatic rings. The lowest BCUT2D eigenvalue weighted by Crippen LogP contribution is -2.41. The van der Waals surface area contributed by atoms with E-state index in [4.69, 9.17) is 9.72 Å². The second kappa shape index (κ2) is 9.73. The molecule has 0 bridgehead atoms. The van der Waals surface area contributed by atoms with Crippen LogP contribution in [0.1, 0.15) is 49.4 Å². The van der Waals surface area contributed by atoms with Crippen LogP contribution in [0.15, 0.2) is 36.5 Å². The van der Waals surface area contributed by atoms with Gasteiger partial charge in [0.15, 0.2) is 5.65 Å². The van der Waals surface area contributed by atoms with Gasteiger partial charge in [0.2, 0.25) is 0 Å². The number of rotatable bonds is 6. The Hall–Kier alpha value is -2.95. The minimum absolute atomic E-state index is 0.388. The van der Waals surface area contributed by atoms with E-state index in [1.165, 1.54) is 11.3 Å². The molecular formula is C27H34N6O. The summed E-state index contributed by atoms with van der Waals surface area (Å²) in [6.07, 6.45) is 5.67. The van der Waals surface area contributed by atoms with E-state index in [0.717, 1.165) is 87.4 Å². The lowest BCUT2D eigenvalue weighted by molar-refractivity contribution is 0.0904. The number of anilines is 1. The lowest BCUT2D eigenvalue weighted by Gasteiger charge is -2.38. The van der Waals surface area contributed by atoms with Gasteiger partial charge in [-0.1, -0.05) is 30.3 Å². The normalized spacial score (nSPS) is 19.2.